The van der Waals surface area contributed by atoms with E-state index in [-0.39, 0.29) is 5.91 Å². The third kappa shape index (κ3) is 4.60. The topological polar surface area (TPSA) is 42.4 Å². The van der Waals surface area contributed by atoms with E-state index in [4.69, 9.17) is 4.74 Å². The third-order valence-corrected chi connectivity index (χ3v) is 3.78. The second-order valence-corrected chi connectivity index (χ2v) is 5.37. The maximum absolute atomic E-state index is 12.3. The summed E-state index contributed by atoms with van der Waals surface area (Å²) in [7, 11) is 0. The predicted molar refractivity (Wildman–Crippen MR) is 78.4 cm³/mol. The Labute approximate surface area is 121 Å². The van der Waals surface area contributed by atoms with Gasteiger partial charge in [-0.1, -0.05) is 6.07 Å². The Morgan fingerprint density at radius 2 is 2.45 bits per heavy atom. The van der Waals surface area contributed by atoms with Crippen molar-refractivity contribution in [2.24, 2.45) is 5.92 Å². The smallest absolute Gasteiger partial charge is 0.222 e. The van der Waals surface area contributed by atoms with Gasteiger partial charge >= 0.3 is 0 Å². The molecule has 0 spiro atoms. The molecule has 0 saturated carbocycles. The summed E-state index contributed by atoms with van der Waals surface area (Å²) in [6.07, 6.45) is 7.21. The van der Waals surface area contributed by atoms with Crippen LogP contribution in [0, 0.1) is 5.92 Å². The number of likely N-dealkylation sites (tertiary alicyclic amines) is 1. The molecule has 1 aromatic rings. The molecule has 0 aliphatic carbocycles. The summed E-state index contributed by atoms with van der Waals surface area (Å²) in [5.74, 6) is 0.765. The maximum Gasteiger partial charge on any atom is 0.222 e. The van der Waals surface area contributed by atoms with Crippen LogP contribution < -0.4 is 0 Å². The summed E-state index contributed by atoms with van der Waals surface area (Å²) in [5, 5.41) is 0. The summed E-state index contributed by atoms with van der Waals surface area (Å²) in [6.45, 7) is 5.30. The number of hydrogen-bond donors (Lipinski definition) is 0. The van der Waals surface area contributed by atoms with Crippen LogP contribution >= 0.6 is 0 Å². The van der Waals surface area contributed by atoms with Crippen molar-refractivity contribution in [3.8, 4) is 0 Å². The summed E-state index contributed by atoms with van der Waals surface area (Å²) in [6, 6.07) is 3.94. The van der Waals surface area contributed by atoms with E-state index in [9.17, 15) is 4.79 Å². The van der Waals surface area contributed by atoms with Gasteiger partial charge in [0, 0.05) is 38.5 Å². The molecule has 4 heteroatoms. The average Bonchev–Trinajstić information content (AvgIpc) is 2.52. The number of ether oxygens (including phenoxy) is 1. The van der Waals surface area contributed by atoms with Crippen LogP contribution in [0.25, 0.3) is 0 Å². The van der Waals surface area contributed by atoms with Crippen LogP contribution in [0.2, 0.25) is 0 Å². The lowest BCUT2D eigenvalue weighted by molar-refractivity contribution is -0.133. The van der Waals surface area contributed by atoms with Crippen molar-refractivity contribution >= 4 is 5.91 Å². The minimum Gasteiger partial charge on any atom is -0.381 e. The first-order valence-electron chi connectivity index (χ1n) is 7.54. The SMILES string of the molecule is CCOCC1CCCN(C(=O)CCc2cccnc2)C1. The molecule has 0 radical (unpaired) electrons. The molecule has 1 amide bonds. The summed E-state index contributed by atoms with van der Waals surface area (Å²) in [4.78, 5) is 18.3. The second-order valence-electron chi connectivity index (χ2n) is 5.37. The summed E-state index contributed by atoms with van der Waals surface area (Å²) in [5.41, 5.74) is 1.13. The van der Waals surface area contributed by atoms with Gasteiger partial charge in [0.05, 0.1) is 6.61 Å². The van der Waals surface area contributed by atoms with Crippen LogP contribution in [0.4, 0.5) is 0 Å². The highest BCUT2D eigenvalue weighted by atomic mass is 16.5. The number of nitrogens with zero attached hydrogens (tertiary/aromatic N) is 2. The van der Waals surface area contributed by atoms with Crippen molar-refractivity contribution in [1.29, 1.82) is 0 Å². The fraction of sp³-hybridized carbons (Fsp3) is 0.625. The lowest BCUT2D eigenvalue weighted by atomic mass is 9.98. The first kappa shape index (κ1) is 15.0. The van der Waals surface area contributed by atoms with Crippen molar-refractivity contribution < 1.29 is 9.53 Å². The molecule has 2 heterocycles. The Morgan fingerprint density at radius 1 is 1.55 bits per heavy atom. The van der Waals surface area contributed by atoms with Gasteiger partial charge in [-0.25, -0.2) is 0 Å². The number of aryl methyl sites for hydroxylation is 1. The standard InChI is InChI=1S/C16H24N2O2/c1-2-20-13-15-6-4-10-18(12-15)16(19)8-7-14-5-3-9-17-11-14/h3,5,9,11,15H,2,4,6-8,10,12-13H2,1H3. The summed E-state index contributed by atoms with van der Waals surface area (Å²) < 4.78 is 5.48. The van der Waals surface area contributed by atoms with Crippen molar-refractivity contribution in [3.63, 3.8) is 0 Å². The van der Waals surface area contributed by atoms with Gasteiger partial charge in [-0.05, 0) is 43.7 Å². The molecule has 0 bridgehead atoms. The zero-order valence-corrected chi connectivity index (χ0v) is 12.3. The Bertz CT molecular complexity index is 408. The number of carbonyl (C=O) groups excluding carboxylic acids is 1. The van der Waals surface area contributed by atoms with E-state index >= 15 is 0 Å². The fourth-order valence-corrected chi connectivity index (χ4v) is 2.67. The maximum atomic E-state index is 12.3. The molecule has 1 fully saturated rings. The van der Waals surface area contributed by atoms with E-state index in [2.05, 4.69) is 4.98 Å². The number of piperidine rings is 1. The first-order chi connectivity index (χ1) is 9.79. The van der Waals surface area contributed by atoms with Gasteiger partial charge in [0.2, 0.25) is 5.91 Å². The number of pyridine rings is 1. The molecule has 1 aliphatic heterocycles. The molecule has 1 atom stereocenters. The van der Waals surface area contributed by atoms with Crippen molar-refractivity contribution in [2.75, 3.05) is 26.3 Å². The van der Waals surface area contributed by atoms with Crippen LogP contribution in [0.3, 0.4) is 0 Å². The van der Waals surface area contributed by atoms with Gasteiger partial charge in [-0.2, -0.15) is 0 Å². The predicted octanol–water partition coefficient (Wildman–Crippen LogP) is 2.29. The molecule has 4 nitrogen and oxygen atoms in total. The normalized spacial score (nSPS) is 19.1. The summed E-state index contributed by atoms with van der Waals surface area (Å²) >= 11 is 0. The van der Waals surface area contributed by atoms with E-state index in [1.165, 1.54) is 6.42 Å². The Hall–Kier alpha value is -1.42. The van der Waals surface area contributed by atoms with Crippen molar-refractivity contribution in [1.82, 2.24) is 9.88 Å². The molecule has 110 valence electrons. The van der Waals surface area contributed by atoms with E-state index in [1.807, 2.05) is 30.2 Å². The first-order valence-corrected chi connectivity index (χ1v) is 7.54. The number of carbonyl (C=O) groups is 1. The Morgan fingerprint density at radius 3 is 3.20 bits per heavy atom. The molecule has 0 aromatic carbocycles. The van der Waals surface area contributed by atoms with Crippen molar-refractivity contribution in [3.05, 3.63) is 30.1 Å². The fourth-order valence-electron chi connectivity index (χ4n) is 2.67. The molecule has 0 N–H and O–H groups in total. The second kappa shape index (κ2) is 8.00. The Kier molecular flexibility index (Phi) is 5.99. The van der Waals surface area contributed by atoms with Crippen LogP contribution in [-0.4, -0.2) is 42.1 Å². The zero-order valence-electron chi connectivity index (χ0n) is 12.3. The molecule has 2 rings (SSSR count). The number of rotatable bonds is 6. The number of amides is 1. The Balaban J connectivity index is 1.77. The minimum absolute atomic E-state index is 0.259. The zero-order chi connectivity index (χ0) is 14.2. The largest absolute Gasteiger partial charge is 0.381 e. The van der Waals surface area contributed by atoms with Gasteiger partial charge in [0.25, 0.3) is 0 Å². The van der Waals surface area contributed by atoms with E-state index < -0.39 is 0 Å². The lowest BCUT2D eigenvalue weighted by Gasteiger charge is -2.32. The van der Waals surface area contributed by atoms with Gasteiger partial charge in [0.15, 0.2) is 0 Å². The van der Waals surface area contributed by atoms with Crippen LogP contribution in [0.5, 0.6) is 0 Å². The van der Waals surface area contributed by atoms with Crippen molar-refractivity contribution in [2.45, 2.75) is 32.6 Å². The van der Waals surface area contributed by atoms with Crippen LogP contribution in [0.15, 0.2) is 24.5 Å². The highest BCUT2D eigenvalue weighted by Crippen LogP contribution is 2.18. The molecule has 1 unspecified atom stereocenters. The van der Waals surface area contributed by atoms with Crippen LogP contribution in [0.1, 0.15) is 31.7 Å². The molecular formula is C16H24N2O2. The average molecular weight is 276 g/mol. The van der Waals surface area contributed by atoms with Gasteiger partial charge in [-0.15, -0.1) is 0 Å². The highest BCUT2D eigenvalue weighted by Gasteiger charge is 2.23. The van der Waals surface area contributed by atoms with Crippen LogP contribution in [-0.2, 0) is 16.0 Å². The molecule has 20 heavy (non-hydrogen) atoms. The van der Waals surface area contributed by atoms with Gasteiger partial charge in [-0.3, -0.25) is 9.78 Å². The van der Waals surface area contributed by atoms with Gasteiger partial charge in [0.1, 0.15) is 0 Å². The van der Waals surface area contributed by atoms with E-state index in [0.717, 1.165) is 44.7 Å². The quantitative estimate of drug-likeness (QED) is 0.800. The molecular weight excluding hydrogens is 252 g/mol. The van der Waals surface area contributed by atoms with Gasteiger partial charge < -0.3 is 9.64 Å². The number of hydrogen-bond acceptors (Lipinski definition) is 3. The molecule has 1 aliphatic rings. The monoisotopic (exact) mass is 276 g/mol. The lowest BCUT2D eigenvalue weighted by Crippen LogP contribution is -2.41. The van der Waals surface area contributed by atoms with E-state index in [0.29, 0.717) is 12.3 Å². The molecule has 1 saturated heterocycles. The number of aromatic nitrogens is 1. The minimum atomic E-state index is 0.259. The van der Waals surface area contributed by atoms with E-state index in [1.54, 1.807) is 6.20 Å². The third-order valence-electron chi connectivity index (χ3n) is 3.78. The molecule has 1 aromatic heterocycles. The highest BCUT2D eigenvalue weighted by molar-refractivity contribution is 5.76.